The Morgan fingerprint density at radius 3 is 2.18 bits per heavy atom. The van der Waals surface area contributed by atoms with Gasteiger partial charge in [-0.25, -0.2) is 0 Å². The largest absolute Gasteiger partial charge is 0.289 e. The number of rotatable bonds is 2. The standard InChI is InChI=1S/C5H7Cl4NO/c1-2-3-10(9)4(11)5(6,7)8/h2-3H2,1H3. The Morgan fingerprint density at radius 1 is 1.45 bits per heavy atom. The molecule has 1 amide bonds. The molecule has 0 aliphatic rings. The van der Waals surface area contributed by atoms with Crippen molar-refractivity contribution in [2.45, 2.75) is 17.1 Å². The Morgan fingerprint density at radius 2 is 1.91 bits per heavy atom. The molecule has 66 valence electrons. The molecule has 0 N–H and O–H groups in total. The van der Waals surface area contributed by atoms with Crippen LogP contribution >= 0.6 is 46.6 Å². The van der Waals surface area contributed by atoms with E-state index in [4.69, 9.17) is 46.6 Å². The van der Waals surface area contributed by atoms with Gasteiger partial charge in [-0.2, -0.15) is 0 Å². The number of hydrogen-bond acceptors (Lipinski definition) is 1. The van der Waals surface area contributed by atoms with Crippen LogP contribution in [0.25, 0.3) is 0 Å². The Kier molecular flexibility index (Phi) is 4.87. The van der Waals surface area contributed by atoms with Gasteiger partial charge in [0.25, 0.3) is 9.70 Å². The van der Waals surface area contributed by atoms with Crippen molar-refractivity contribution in [3.63, 3.8) is 0 Å². The fourth-order valence-corrected chi connectivity index (χ4v) is 1.17. The molecule has 0 spiro atoms. The van der Waals surface area contributed by atoms with Gasteiger partial charge in [-0.1, -0.05) is 41.7 Å². The Hall–Kier alpha value is 0.630. The average molecular weight is 239 g/mol. The molecule has 6 heteroatoms. The molecule has 0 aromatic heterocycles. The van der Waals surface area contributed by atoms with Crippen molar-refractivity contribution in [3.05, 3.63) is 0 Å². The van der Waals surface area contributed by atoms with Crippen LogP contribution in [-0.4, -0.2) is 20.7 Å². The summed E-state index contributed by atoms with van der Waals surface area (Å²) in [5.74, 6) is -0.717. The lowest BCUT2D eigenvalue weighted by molar-refractivity contribution is -0.125. The number of carbonyl (C=O) groups excluding carboxylic acids is 1. The van der Waals surface area contributed by atoms with Gasteiger partial charge in [0.1, 0.15) is 0 Å². The predicted molar refractivity (Wildman–Crippen MR) is 48.1 cm³/mol. The topological polar surface area (TPSA) is 20.3 Å². The molecule has 0 atom stereocenters. The highest BCUT2D eigenvalue weighted by Gasteiger charge is 2.34. The number of nitrogens with zero attached hydrogens (tertiary/aromatic N) is 1. The van der Waals surface area contributed by atoms with Crippen LogP contribution in [0.4, 0.5) is 0 Å². The number of halogens is 4. The van der Waals surface area contributed by atoms with Crippen molar-refractivity contribution in [3.8, 4) is 0 Å². The molecular formula is C5H7Cl4NO. The van der Waals surface area contributed by atoms with Crippen molar-refractivity contribution < 1.29 is 4.79 Å². The van der Waals surface area contributed by atoms with Gasteiger partial charge in [-0.05, 0) is 6.42 Å². The third-order valence-electron chi connectivity index (χ3n) is 0.883. The molecule has 0 aliphatic heterocycles. The van der Waals surface area contributed by atoms with E-state index in [1.54, 1.807) is 0 Å². The van der Waals surface area contributed by atoms with Crippen LogP contribution < -0.4 is 0 Å². The van der Waals surface area contributed by atoms with Crippen LogP contribution in [0.15, 0.2) is 0 Å². The average Bonchev–Trinajstić information content (AvgIpc) is 1.85. The lowest BCUT2D eigenvalue weighted by Gasteiger charge is -2.17. The second-order valence-corrected chi connectivity index (χ2v) is 4.58. The highest BCUT2D eigenvalue weighted by atomic mass is 35.6. The third-order valence-corrected chi connectivity index (χ3v) is 1.69. The Balaban J connectivity index is 4.03. The second kappa shape index (κ2) is 4.61. The van der Waals surface area contributed by atoms with Gasteiger partial charge in [0.05, 0.1) is 0 Å². The van der Waals surface area contributed by atoms with E-state index in [2.05, 4.69) is 0 Å². The van der Waals surface area contributed by atoms with Gasteiger partial charge in [0.2, 0.25) is 0 Å². The van der Waals surface area contributed by atoms with Crippen LogP contribution in [0.2, 0.25) is 0 Å². The van der Waals surface area contributed by atoms with E-state index in [9.17, 15) is 4.79 Å². The minimum Gasteiger partial charge on any atom is -0.269 e. The zero-order chi connectivity index (χ0) is 9.07. The van der Waals surface area contributed by atoms with E-state index in [0.717, 1.165) is 10.8 Å². The zero-order valence-electron chi connectivity index (χ0n) is 5.78. The summed E-state index contributed by atoms with van der Waals surface area (Å²) in [6.45, 7) is 2.23. The molecule has 0 aromatic rings. The van der Waals surface area contributed by atoms with Crippen molar-refractivity contribution in [1.29, 1.82) is 0 Å². The van der Waals surface area contributed by atoms with Crippen molar-refractivity contribution in [1.82, 2.24) is 4.42 Å². The molecular weight excluding hydrogens is 232 g/mol. The van der Waals surface area contributed by atoms with E-state index < -0.39 is 9.70 Å². The first-order valence-corrected chi connectivity index (χ1v) is 4.41. The second-order valence-electron chi connectivity index (χ2n) is 1.89. The Bertz CT molecular complexity index is 144. The van der Waals surface area contributed by atoms with Crippen molar-refractivity contribution >= 4 is 52.5 Å². The molecule has 0 aliphatic carbocycles. The highest BCUT2D eigenvalue weighted by Crippen LogP contribution is 2.29. The first-order valence-electron chi connectivity index (χ1n) is 2.94. The van der Waals surface area contributed by atoms with E-state index in [0.29, 0.717) is 6.54 Å². The summed E-state index contributed by atoms with van der Waals surface area (Å²) in [6.07, 6.45) is 0.718. The molecule has 0 unspecified atom stereocenters. The molecule has 0 saturated heterocycles. The van der Waals surface area contributed by atoms with E-state index in [-0.39, 0.29) is 0 Å². The zero-order valence-corrected chi connectivity index (χ0v) is 8.81. The maximum Gasteiger partial charge on any atom is 0.289 e. The quantitative estimate of drug-likeness (QED) is 0.535. The predicted octanol–water partition coefficient (Wildman–Crippen LogP) is 2.75. The van der Waals surface area contributed by atoms with Gasteiger partial charge < -0.3 is 0 Å². The third kappa shape index (κ3) is 4.26. The summed E-state index contributed by atoms with van der Waals surface area (Å²) in [4.78, 5) is 11.0. The van der Waals surface area contributed by atoms with Crippen LogP contribution in [0.5, 0.6) is 0 Å². The van der Waals surface area contributed by atoms with Crippen molar-refractivity contribution in [2.75, 3.05) is 6.54 Å². The van der Waals surface area contributed by atoms with Crippen LogP contribution in [0.1, 0.15) is 13.3 Å². The number of alkyl halides is 3. The summed E-state index contributed by atoms with van der Waals surface area (Å²) in [5, 5.41) is 0. The summed E-state index contributed by atoms with van der Waals surface area (Å²) in [7, 11) is 0. The summed E-state index contributed by atoms with van der Waals surface area (Å²) in [5.41, 5.74) is 0. The maximum atomic E-state index is 11.0. The van der Waals surface area contributed by atoms with Gasteiger partial charge in [-0.15, -0.1) is 0 Å². The summed E-state index contributed by atoms with van der Waals surface area (Å²) >= 11 is 21.3. The monoisotopic (exact) mass is 237 g/mol. The minimum absolute atomic E-state index is 0.369. The van der Waals surface area contributed by atoms with E-state index >= 15 is 0 Å². The molecule has 0 aromatic carbocycles. The smallest absolute Gasteiger partial charge is 0.269 e. The van der Waals surface area contributed by atoms with Gasteiger partial charge >= 0.3 is 0 Å². The van der Waals surface area contributed by atoms with Crippen molar-refractivity contribution in [2.24, 2.45) is 0 Å². The molecule has 0 rings (SSSR count). The lowest BCUT2D eigenvalue weighted by Crippen LogP contribution is -2.33. The molecule has 2 nitrogen and oxygen atoms in total. The van der Waals surface area contributed by atoms with Crippen LogP contribution in [0.3, 0.4) is 0 Å². The maximum absolute atomic E-state index is 11.0. The molecule has 0 radical (unpaired) electrons. The molecule has 0 heterocycles. The normalized spacial score (nSPS) is 11.4. The minimum atomic E-state index is -1.95. The number of carbonyl (C=O) groups is 1. The first kappa shape index (κ1) is 11.6. The van der Waals surface area contributed by atoms with Gasteiger partial charge in [0.15, 0.2) is 0 Å². The SMILES string of the molecule is CCCN(Cl)C(=O)C(Cl)(Cl)Cl. The molecule has 0 fully saturated rings. The molecule has 0 bridgehead atoms. The van der Waals surface area contributed by atoms with Gasteiger partial charge in [0, 0.05) is 18.3 Å². The fraction of sp³-hybridized carbons (Fsp3) is 0.800. The summed E-state index contributed by atoms with van der Waals surface area (Å²) < 4.78 is -1.08. The number of amides is 1. The lowest BCUT2D eigenvalue weighted by atomic mass is 10.5. The van der Waals surface area contributed by atoms with E-state index in [1.807, 2.05) is 6.92 Å². The molecule has 11 heavy (non-hydrogen) atoms. The van der Waals surface area contributed by atoms with Gasteiger partial charge in [-0.3, -0.25) is 9.21 Å². The molecule has 0 saturated carbocycles. The number of hydrogen-bond donors (Lipinski definition) is 0. The van der Waals surface area contributed by atoms with E-state index in [1.165, 1.54) is 0 Å². The van der Waals surface area contributed by atoms with Crippen LogP contribution in [-0.2, 0) is 4.79 Å². The summed E-state index contributed by atoms with van der Waals surface area (Å²) in [6, 6.07) is 0. The highest BCUT2D eigenvalue weighted by molar-refractivity contribution is 6.76. The van der Waals surface area contributed by atoms with Crippen LogP contribution in [0, 0.1) is 0 Å². The Labute approximate surface area is 85.4 Å². The first-order chi connectivity index (χ1) is 4.89. The fourth-order valence-electron chi connectivity index (χ4n) is 0.435.